The molecule has 1 aliphatic rings. The van der Waals surface area contributed by atoms with Crippen LogP contribution in [0.4, 0.5) is 0 Å². The quantitative estimate of drug-likeness (QED) is 0.293. The van der Waals surface area contributed by atoms with Crippen LogP contribution in [0.1, 0.15) is 33.9 Å². The maximum atomic E-state index is 12.7. The lowest BCUT2D eigenvalue weighted by Gasteiger charge is -2.44. The molecule has 13 nitrogen and oxygen atoms in total. The first-order chi connectivity index (χ1) is 17.9. The maximum absolute atomic E-state index is 12.7. The molecular formula is C23H24ClN3O10S. The van der Waals surface area contributed by atoms with Gasteiger partial charge in [0.25, 0.3) is 5.56 Å². The molecule has 0 radical (unpaired) electrons. The van der Waals surface area contributed by atoms with Crippen molar-refractivity contribution in [3.63, 3.8) is 0 Å². The zero-order chi connectivity index (χ0) is 28.1. The number of rotatable bonds is 7. The molecule has 0 aliphatic carbocycles. The number of esters is 4. The van der Waals surface area contributed by atoms with E-state index in [-0.39, 0.29) is 10.5 Å². The molecule has 1 saturated heterocycles. The van der Waals surface area contributed by atoms with Gasteiger partial charge in [0.05, 0.1) is 0 Å². The van der Waals surface area contributed by atoms with Crippen LogP contribution >= 0.6 is 23.8 Å². The van der Waals surface area contributed by atoms with E-state index >= 15 is 0 Å². The molecule has 0 spiro atoms. The van der Waals surface area contributed by atoms with Crippen LogP contribution in [0.3, 0.4) is 0 Å². The van der Waals surface area contributed by atoms with Gasteiger partial charge in [-0.15, -0.1) is 0 Å². The summed E-state index contributed by atoms with van der Waals surface area (Å²) < 4.78 is 28.2. The molecule has 0 unspecified atom stereocenters. The van der Waals surface area contributed by atoms with Gasteiger partial charge in [-0.3, -0.25) is 29.0 Å². The smallest absolute Gasteiger partial charge is 0.303 e. The molecular weight excluding hydrogens is 546 g/mol. The number of aromatic amines is 1. The number of benzene rings is 1. The summed E-state index contributed by atoms with van der Waals surface area (Å²) in [5, 5.41) is 4.76. The third-order valence-electron chi connectivity index (χ3n) is 5.18. The van der Waals surface area contributed by atoms with Gasteiger partial charge < -0.3 is 23.7 Å². The number of aromatic nitrogens is 3. The molecule has 3 rings (SSSR count). The molecule has 0 bridgehead atoms. The van der Waals surface area contributed by atoms with E-state index in [4.69, 9.17) is 47.5 Å². The topological polar surface area (TPSA) is 165 Å². The maximum Gasteiger partial charge on any atom is 0.303 e. The van der Waals surface area contributed by atoms with Crippen LogP contribution in [-0.2, 0) is 42.9 Å². The zero-order valence-electron chi connectivity index (χ0n) is 20.7. The van der Waals surface area contributed by atoms with E-state index in [1.165, 1.54) is 0 Å². The third-order valence-corrected chi connectivity index (χ3v) is 5.72. The first kappa shape index (κ1) is 28.9. The lowest BCUT2D eigenvalue weighted by atomic mass is 9.97. The molecule has 1 aliphatic heterocycles. The minimum Gasteiger partial charge on any atom is -0.463 e. The van der Waals surface area contributed by atoms with Crippen molar-refractivity contribution in [1.29, 1.82) is 0 Å². The molecule has 38 heavy (non-hydrogen) atoms. The van der Waals surface area contributed by atoms with Gasteiger partial charge in [-0.2, -0.15) is 5.10 Å². The van der Waals surface area contributed by atoms with Gasteiger partial charge in [0.1, 0.15) is 12.7 Å². The van der Waals surface area contributed by atoms with E-state index in [9.17, 15) is 24.0 Å². The van der Waals surface area contributed by atoms with Crippen LogP contribution in [0, 0.1) is 4.77 Å². The molecule has 1 aromatic carbocycles. The van der Waals surface area contributed by atoms with Crippen molar-refractivity contribution in [2.75, 3.05) is 6.61 Å². The Balaban J connectivity index is 2.19. The Kier molecular flexibility index (Phi) is 9.36. The Morgan fingerprint density at radius 1 is 0.947 bits per heavy atom. The van der Waals surface area contributed by atoms with Crippen molar-refractivity contribution in [2.24, 2.45) is 0 Å². The molecule has 204 valence electrons. The second kappa shape index (κ2) is 12.3. The van der Waals surface area contributed by atoms with Gasteiger partial charge in [-0.1, -0.05) is 23.7 Å². The molecule has 1 aromatic heterocycles. The minimum absolute atomic E-state index is 0.0804. The molecule has 1 fully saturated rings. The average molecular weight is 570 g/mol. The SMILES string of the molecule is CC(=O)OC[C@H]1O[C@@H](n2nc(-c3ccc(Cl)cc3)c(=O)[nH]c2=S)[C@H](OC(C)=O)[C@@H](OC(C)=O)[C@@H]1OC(C)=O. The lowest BCUT2D eigenvalue weighted by molar-refractivity contribution is -0.271. The van der Waals surface area contributed by atoms with Gasteiger partial charge in [0.2, 0.25) is 0 Å². The van der Waals surface area contributed by atoms with Crippen molar-refractivity contribution in [3.05, 3.63) is 44.4 Å². The van der Waals surface area contributed by atoms with Gasteiger partial charge >= 0.3 is 23.9 Å². The summed E-state index contributed by atoms with van der Waals surface area (Å²) in [6.07, 6.45) is -6.90. The first-order valence-electron chi connectivity index (χ1n) is 11.2. The van der Waals surface area contributed by atoms with Crippen molar-refractivity contribution in [3.8, 4) is 11.3 Å². The van der Waals surface area contributed by atoms with E-state index in [0.717, 1.165) is 32.4 Å². The second-order valence-corrected chi connectivity index (χ2v) is 8.97. The summed E-state index contributed by atoms with van der Waals surface area (Å²) in [7, 11) is 0. The highest BCUT2D eigenvalue weighted by Crippen LogP contribution is 2.34. The summed E-state index contributed by atoms with van der Waals surface area (Å²) in [6.45, 7) is 4.04. The predicted molar refractivity (Wildman–Crippen MR) is 131 cm³/mol. The number of H-pyrrole nitrogens is 1. The van der Waals surface area contributed by atoms with Gasteiger partial charge in [-0.25, -0.2) is 4.68 Å². The number of nitrogens with zero attached hydrogens (tertiary/aromatic N) is 2. The van der Waals surface area contributed by atoms with Crippen LogP contribution in [-0.4, -0.2) is 69.7 Å². The number of nitrogens with one attached hydrogen (secondary N) is 1. The Morgan fingerprint density at radius 2 is 1.50 bits per heavy atom. The van der Waals surface area contributed by atoms with Gasteiger partial charge in [0.15, 0.2) is 35.0 Å². The lowest BCUT2D eigenvalue weighted by Crippen LogP contribution is -2.61. The number of carbonyl (C=O) groups is 4. The normalized spacial score (nSPS) is 22.7. The molecule has 0 saturated carbocycles. The fourth-order valence-corrected chi connectivity index (χ4v) is 4.15. The highest BCUT2D eigenvalue weighted by molar-refractivity contribution is 7.71. The fraction of sp³-hybridized carbons (Fsp3) is 0.435. The molecule has 1 N–H and O–H groups in total. The Hall–Kier alpha value is -3.62. The summed E-state index contributed by atoms with van der Waals surface area (Å²) in [5.74, 6) is -3.03. The molecule has 2 heterocycles. The zero-order valence-corrected chi connectivity index (χ0v) is 22.2. The number of ether oxygens (including phenoxy) is 5. The monoisotopic (exact) mass is 569 g/mol. The van der Waals surface area contributed by atoms with Crippen molar-refractivity contribution < 1.29 is 42.9 Å². The summed E-state index contributed by atoms with van der Waals surface area (Å²) in [6, 6.07) is 6.22. The van der Waals surface area contributed by atoms with Crippen molar-refractivity contribution >= 4 is 47.7 Å². The van der Waals surface area contributed by atoms with Gasteiger partial charge in [0, 0.05) is 38.3 Å². The largest absolute Gasteiger partial charge is 0.463 e. The summed E-state index contributed by atoms with van der Waals surface area (Å²) in [4.78, 5) is 62.7. The minimum atomic E-state index is -1.46. The van der Waals surface area contributed by atoms with Crippen molar-refractivity contribution in [2.45, 2.75) is 58.3 Å². The fourth-order valence-electron chi connectivity index (χ4n) is 3.78. The highest BCUT2D eigenvalue weighted by Gasteiger charge is 2.53. The first-order valence-corrected chi connectivity index (χ1v) is 12.0. The molecule has 5 atom stereocenters. The molecule has 0 amide bonds. The Labute approximate surface area is 225 Å². The number of carbonyl (C=O) groups excluding carboxylic acids is 4. The van der Waals surface area contributed by atoms with Crippen molar-refractivity contribution in [1.82, 2.24) is 14.8 Å². The van der Waals surface area contributed by atoms with E-state index in [2.05, 4.69) is 10.1 Å². The van der Waals surface area contributed by atoms with Crippen LogP contribution in [0.2, 0.25) is 5.02 Å². The number of halogens is 1. The molecule has 15 heteroatoms. The summed E-state index contributed by atoms with van der Waals surface area (Å²) >= 11 is 11.3. The van der Waals surface area contributed by atoms with Crippen LogP contribution in [0.5, 0.6) is 0 Å². The standard InChI is InChI=1S/C23H24ClN3O10S/c1-10(28)33-9-16-18(34-11(2)29)19(35-12(3)30)20(36-13(4)31)22(37-16)27-23(38)25-21(32)17(26-27)14-5-7-15(24)8-6-14/h5-8,16,18-20,22H,9H2,1-4H3,(H,25,32,38)/t16-,18-,19+,20-,22-/m1/s1. The van der Waals surface area contributed by atoms with E-state index in [1.54, 1.807) is 24.3 Å². The van der Waals surface area contributed by atoms with Gasteiger partial charge in [-0.05, 0) is 24.4 Å². The van der Waals surface area contributed by atoms with E-state index < -0.39 is 66.7 Å². The average Bonchev–Trinajstić information content (AvgIpc) is 2.81. The predicted octanol–water partition coefficient (Wildman–Crippen LogP) is 1.88. The van der Waals surface area contributed by atoms with Crippen LogP contribution in [0.15, 0.2) is 29.1 Å². The third kappa shape index (κ3) is 7.02. The van der Waals surface area contributed by atoms with E-state index in [1.807, 2.05) is 0 Å². The van der Waals surface area contributed by atoms with E-state index in [0.29, 0.717) is 10.6 Å². The molecule has 2 aromatic rings. The Morgan fingerprint density at radius 3 is 2.05 bits per heavy atom. The number of hydrogen-bond acceptors (Lipinski definition) is 12. The highest BCUT2D eigenvalue weighted by atomic mass is 35.5. The summed E-state index contributed by atoms with van der Waals surface area (Å²) in [5.41, 5.74) is -0.327. The van der Waals surface area contributed by atoms with Crippen LogP contribution in [0.25, 0.3) is 11.3 Å². The second-order valence-electron chi connectivity index (χ2n) is 8.15. The Bertz CT molecular complexity index is 1340. The van der Waals surface area contributed by atoms with Crippen LogP contribution < -0.4 is 5.56 Å². The number of hydrogen-bond donors (Lipinski definition) is 1.